The molecule has 3 heterocycles. The zero-order chi connectivity index (χ0) is 20.6. The number of hydrogen-bond donors (Lipinski definition) is 0. The van der Waals surface area contributed by atoms with Crippen molar-refractivity contribution in [2.75, 3.05) is 0 Å². The molecule has 0 amide bonds. The number of hydrogen-bond acceptors (Lipinski definition) is 3. The molecule has 0 saturated carbocycles. The smallest absolute Gasteiger partial charge is 0.0449 e. The maximum Gasteiger partial charge on any atom is 0.0449 e. The maximum absolute atomic E-state index is 4.13. The van der Waals surface area contributed by atoms with Crippen LogP contribution in [0.5, 0.6) is 0 Å². The molecule has 0 spiro atoms. The molecule has 1 nitrogen and oxygen atoms in total. The Kier molecular flexibility index (Phi) is 4.63. The number of benzene rings is 3. The highest BCUT2D eigenvalue weighted by atomic mass is 32.1. The van der Waals surface area contributed by atoms with E-state index in [1.165, 1.54) is 52.2 Å². The second kappa shape index (κ2) is 7.77. The van der Waals surface area contributed by atoms with E-state index in [1.54, 1.807) is 0 Å². The number of fused-ring (bicyclic) bond motifs is 2. The van der Waals surface area contributed by atoms with Crippen LogP contribution in [0.2, 0.25) is 0 Å². The molecule has 148 valence electrons. The molecular weight excluding hydrogens is 414 g/mol. The Balaban J connectivity index is 1.38. The Bertz CT molecular complexity index is 1450. The van der Waals surface area contributed by atoms with Crippen LogP contribution in [0.4, 0.5) is 0 Å². The molecule has 31 heavy (non-hydrogen) atoms. The first kappa shape index (κ1) is 18.5. The number of pyridine rings is 1. The number of rotatable bonds is 4. The number of aromatic nitrogens is 1. The third kappa shape index (κ3) is 3.46. The van der Waals surface area contributed by atoms with Gasteiger partial charge in [0.1, 0.15) is 0 Å². The molecule has 0 fully saturated rings. The molecular formula is C28H19NS2. The van der Waals surface area contributed by atoms with E-state index in [9.17, 15) is 0 Å². The van der Waals surface area contributed by atoms with Crippen molar-refractivity contribution in [3.8, 4) is 20.2 Å². The van der Waals surface area contributed by atoms with E-state index < -0.39 is 0 Å². The first-order chi connectivity index (χ1) is 15.3. The molecule has 0 aliphatic heterocycles. The largest absolute Gasteiger partial charge is 0.265 e. The van der Waals surface area contributed by atoms with E-state index in [-0.39, 0.29) is 0 Å². The molecule has 0 radical (unpaired) electrons. The fourth-order valence-electron chi connectivity index (χ4n) is 4.22. The van der Waals surface area contributed by atoms with Crippen LogP contribution in [0.3, 0.4) is 0 Å². The minimum absolute atomic E-state index is 0.953. The Morgan fingerprint density at radius 1 is 0.581 bits per heavy atom. The Labute approximate surface area is 189 Å². The zero-order valence-corrected chi connectivity index (χ0v) is 18.4. The molecule has 3 heteroatoms. The average molecular weight is 434 g/mol. The van der Waals surface area contributed by atoms with E-state index in [0.717, 1.165) is 6.42 Å². The minimum Gasteiger partial charge on any atom is -0.265 e. The highest BCUT2D eigenvalue weighted by Crippen LogP contribution is 2.39. The Morgan fingerprint density at radius 3 is 1.94 bits per heavy atom. The van der Waals surface area contributed by atoms with Gasteiger partial charge in [0.05, 0.1) is 0 Å². The standard InChI is InChI=1S/C28H19NS2/c1-3-7-23-20(5-1)17-21-6-2-4-8-24(21)25(23)18-22-9-10-27(30-22)28-12-11-26(31-28)19-13-15-29-16-14-19/h1-17H,18H2. The SMILES string of the molecule is c1ccc2c(Cc3ccc(-c4ccc(-c5ccncc5)s4)s3)c3ccccc3cc2c1. The number of thiophene rings is 2. The van der Waals surface area contributed by atoms with Crippen LogP contribution >= 0.6 is 22.7 Å². The van der Waals surface area contributed by atoms with Gasteiger partial charge in [0.2, 0.25) is 0 Å². The predicted molar refractivity (Wildman–Crippen MR) is 135 cm³/mol. The summed E-state index contributed by atoms with van der Waals surface area (Å²) < 4.78 is 0. The van der Waals surface area contributed by atoms with E-state index in [2.05, 4.69) is 96.0 Å². The molecule has 6 rings (SSSR count). The lowest BCUT2D eigenvalue weighted by molar-refractivity contribution is 1.29. The van der Waals surface area contributed by atoms with Crippen molar-refractivity contribution in [1.29, 1.82) is 0 Å². The summed E-state index contributed by atoms with van der Waals surface area (Å²) in [5.41, 5.74) is 2.65. The lowest BCUT2D eigenvalue weighted by atomic mass is 9.94. The van der Waals surface area contributed by atoms with Gasteiger partial charge in [-0.25, -0.2) is 0 Å². The van der Waals surface area contributed by atoms with Gasteiger partial charge in [-0.3, -0.25) is 4.98 Å². The second-order valence-corrected chi connectivity index (χ2v) is 9.89. The van der Waals surface area contributed by atoms with Crippen molar-refractivity contribution in [2.45, 2.75) is 6.42 Å². The first-order valence-electron chi connectivity index (χ1n) is 10.3. The van der Waals surface area contributed by atoms with E-state index in [1.807, 2.05) is 35.1 Å². The first-order valence-corrected chi connectivity index (χ1v) is 12.0. The van der Waals surface area contributed by atoms with Crippen LogP contribution < -0.4 is 0 Å². The number of nitrogens with zero attached hydrogens (tertiary/aromatic N) is 1. The van der Waals surface area contributed by atoms with Crippen LogP contribution in [0.25, 0.3) is 41.7 Å². The maximum atomic E-state index is 4.13. The topological polar surface area (TPSA) is 12.9 Å². The van der Waals surface area contributed by atoms with Crippen LogP contribution in [0.15, 0.2) is 103 Å². The quantitative estimate of drug-likeness (QED) is 0.254. The molecule has 0 unspecified atom stereocenters. The molecule has 0 aliphatic rings. The van der Waals surface area contributed by atoms with Crippen molar-refractivity contribution in [3.05, 3.63) is 114 Å². The molecule has 0 atom stereocenters. The van der Waals surface area contributed by atoms with E-state index >= 15 is 0 Å². The summed E-state index contributed by atoms with van der Waals surface area (Å²) in [5, 5.41) is 5.33. The summed E-state index contributed by atoms with van der Waals surface area (Å²) in [7, 11) is 0. The third-order valence-electron chi connectivity index (χ3n) is 5.71. The van der Waals surface area contributed by atoms with Crippen LogP contribution in [0, 0.1) is 0 Å². The van der Waals surface area contributed by atoms with Gasteiger partial charge in [0.15, 0.2) is 0 Å². The van der Waals surface area contributed by atoms with Gasteiger partial charge in [0.25, 0.3) is 0 Å². The van der Waals surface area contributed by atoms with Gasteiger partial charge in [-0.1, -0.05) is 48.5 Å². The van der Waals surface area contributed by atoms with Gasteiger partial charge in [0, 0.05) is 38.3 Å². The van der Waals surface area contributed by atoms with E-state index in [4.69, 9.17) is 0 Å². The summed E-state index contributed by atoms with van der Waals surface area (Å²) in [6.45, 7) is 0. The van der Waals surface area contributed by atoms with Crippen molar-refractivity contribution in [1.82, 2.24) is 4.98 Å². The summed E-state index contributed by atoms with van der Waals surface area (Å²) in [5.74, 6) is 0. The fraction of sp³-hybridized carbons (Fsp3) is 0.0357. The van der Waals surface area contributed by atoms with Crippen LogP contribution in [-0.4, -0.2) is 4.98 Å². The van der Waals surface area contributed by atoms with Crippen molar-refractivity contribution in [2.24, 2.45) is 0 Å². The average Bonchev–Trinajstić information content (AvgIpc) is 3.49. The van der Waals surface area contributed by atoms with Gasteiger partial charge in [-0.15, -0.1) is 22.7 Å². The van der Waals surface area contributed by atoms with E-state index in [0.29, 0.717) is 0 Å². The molecule has 3 aromatic heterocycles. The lowest BCUT2D eigenvalue weighted by Crippen LogP contribution is -1.90. The highest BCUT2D eigenvalue weighted by Gasteiger charge is 2.12. The van der Waals surface area contributed by atoms with Crippen molar-refractivity contribution < 1.29 is 0 Å². The summed E-state index contributed by atoms with van der Waals surface area (Å²) in [6, 6.07) is 33.0. The normalized spacial score (nSPS) is 11.4. The monoisotopic (exact) mass is 433 g/mol. The van der Waals surface area contributed by atoms with Crippen LogP contribution in [0.1, 0.15) is 10.4 Å². The molecule has 6 aromatic rings. The Morgan fingerprint density at radius 2 is 1.19 bits per heavy atom. The Hall–Kier alpha value is -3.27. The summed E-state index contributed by atoms with van der Waals surface area (Å²) >= 11 is 3.75. The second-order valence-electron chi connectivity index (χ2n) is 7.64. The molecule has 0 aliphatic carbocycles. The third-order valence-corrected chi connectivity index (χ3v) is 8.12. The van der Waals surface area contributed by atoms with Gasteiger partial charge < -0.3 is 0 Å². The zero-order valence-electron chi connectivity index (χ0n) is 16.8. The molecule has 0 N–H and O–H groups in total. The van der Waals surface area contributed by atoms with Crippen molar-refractivity contribution in [3.63, 3.8) is 0 Å². The molecule has 0 bridgehead atoms. The van der Waals surface area contributed by atoms with Crippen LogP contribution in [-0.2, 0) is 6.42 Å². The van der Waals surface area contributed by atoms with Gasteiger partial charge >= 0.3 is 0 Å². The predicted octanol–water partition coefficient (Wildman–Crippen LogP) is 8.44. The fourth-order valence-corrected chi connectivity index (χ4v) is 6.34. The summed E-state index contributed by atoms with van der Waals surface area (Å²) in [4.78, 5) is 9.47. The minimum atomic E-state index is 0.953. The molecule has 3 aromatic carbocycles. The highest BCUT2D eigenvalue weighted by molar-refractivity contribution is 7.23. The van der Waals surface area contributed by atoms with Crippen molar-refractivity contribution >= 4 is 44.2 Å². The van der Waals surface area contributed by atoms with Gasteiger partial charge in [-0.2, -0.15) is 0 Å². The lowest BCUT2D eigenvalue weighted by Gasteiger charge is -2.11. The summed E-state index contributed by atoms with van der Waals surface area (Å²) in [6.07, 6.45) is 4.66. The molecule has 0 saturated heterocycles. The van der Waals surface area contributed by atoms with Gasteiger partial charge in [-0.05, 0) is 75.1 Å².